The first-order valence-electron chi connectivity index (χ1n) is 9.73. The number of aromatic hydroxyl groups is 1. The van der Waals surface area contributed by atoms with Crippen molar-refractivity contribution in [2.24, 2.45) is 0 Å². The van der Waals surface area contributed by atoms with Gasteiger partial charge in [-0.05, 0) is 48.4 Å². The number of phenolic OH excluding ortho intramolecular Hbond substituents is 1. The Hall–Kier alpha value is -4.06. The minimum Gasteiger partial charge on any atom is -0.507 e. The molecule has 3 aromatic carbocycles. The van der Waals surface area contributed by atoms with Crippen molar-refractivity contribution in [3.05, 3.63) is 95.1 Å². The lowest BCUT2D eigenvalue weighted by molar-refractivity contribution is -0.132. The molecule has 0 aromatic heterocycles. The number of aliphatic hydroxyl groups is 1. The van der Waals surface area contributed by atoms with E-state index in [4.69, 9.17) is 4.74 Å². The van der Waals surface area contributed by atoms with Crippen molar-refractivity contribution in [1.82, 2.24) is 0 Å². The number of ether oxygens (including phenoxy) is 1. The SMILES string of the molecule is COc1ccc(/C(O)=C2/C(=O)C(=O)N(c3ccccc3O)C2c2ccccc2)cc1C. The second-order valence-corrected chi connectivity index (χ2v) is 7.25. The van der Waals surface area contributed by atoms with Gasteiger partial charge in [0.1, 0.15) is 17.3 Å². The number of ketones is 1. The van der Waals surface area contributed by atoms with Crippen LogP contribution in [-0.2, 0) is 9.59 Å². The van der Waals surface area contributed by atoms with Crippen molar-refractivity contribution in [1.29, 1.82) is 0 Å². The molecule has 1 heterocycles. The molecule has 0 bridgehead atoms. The zero-order chi connectivity index (χ0) is 22.1. The van der Waals surface area contributed by atoms with Crippen molar-refractivity contribution in [3.8, 4) is 11.5 Å². The summed E-state index contributed by atoms with van der Waals surface area (Å²) in [6, 6.07) is 19.4. The summed E-state index contributed by atoms with van der Waals surface area (Å²) in [4.78, 5) is 27.4. The van der Waals surface area contributed by atoms with Crippen LogP contribution in [0.4, 0.5) is 5.69 Å². The van der Waals surface area contributed by atoms with Crippen LogP contribution in [0.1, 0.15) is 22.7 Å². The first-order chi connectivity index (χ1) is 14.9. The van der Waals surface area contributed by atoms with Gasteiger partial charge in [0.2, 0.25) is 0 Å². The molecule has 1 fully saturated rings. The molecule has 1 aliphatic rings. The van der Waals surface area contributed by atoms with E-state index >= 15 is 0 Å². The number of aryl methyl sites for hydroxylation is 1. The summed E-state index contributed by atoms with van der Waals surface area (Å²) in [6.45, 7) is 1.82. The second-order valence-electron chi connectivity index (χ2n) is 7.25. The smallest absolute Gasteiger partial charge is 0.300 e. The third-order valence-electron chi connectivity index (χ3n) is 5.37. The van der Waals surface area contributed by atoms with Crippen LogP contribution in [0.25, 0.3) is 5.76 Å². The number of carbonyl (C=O) groups excluding carboxylic acids is 2. The molecule has 6 nitrogen and oxygen atoms in total. The lowest BCUT2D eigenvalue weighted by Crippen LogP contribution is -2.29. The van der Waals surface area contributed by atoms with Crippen molar-refractivity contribution in [2.45, 2.75) is 13.0 Å². The highest BCUT2D eigenvalue weighted by Gasteiger charge is 2.47. The maximum absolute atomic E-state index is 13.1. The number of amides is 1. The summed E-state index contributed by atoms with van der Waals surface area (Å²) < 4.78 is 5.27. The molecule has 1 unspecified atom stereocenters. The summed E-state index contributed by atoms with van der Waals surface area (Å²) in [7, 11) is 1.55. The van der Waals surface area contributed by atoms with Crippen LogP contribution in [0.2, 0.25) is 0 Å². The Labute approximate surface area is 179 Å². The number of aliphatic hydroxyl groups excluding tert-OH is 1. The highest BCUT2D eigenvalue weighted by Crippen LogP contribution is 2.44. The van der Waals surface area contributed by atoms with Crippen molar-refractivity contribution in [3.63, 3.8) is 0 Å². The number of nitrogens with zero attached hydrogens (tertiary/aromatic N) is 1. The zero-order valence-electron chi connectivity index (χ0n) is 17.1. The van der Waals surface area contributed by atoms with E-state index in [0.717, 1.165) is 5.56 Å². The normalized spacial score (nSPS) is 17.7. The van der Waals surface area contributed by atoms with Gasteiger partial charge in [-0.2, -0.15) is 0 Å². The fraction of sp³-hybridized carbons (Fsp3) is 0.120. The summed E-state index contributed by atoms with van der Waals surface area (Å²) in [5.74, 6) is -1.41. The van der Waals surface area contributed by atoms with Crippen LogP contribution in [0.3, 0.4) is 0 Å². The summed E-state index contributed by atoms with van der Waals surface area (Å²) in [5.41, 5.74) is 1.97. The van der Waals surface area contributed by atoms with Gasteiger partial charge in [0.25, 0.3) is 11.7 Å². The van der Waals surface area contributed by atoms with Gasteiger partial charge in [-0.15, -0.1) is 0 Å². The van der Waals surface area contributed by atoms with Crippen molar-refractivity contribution in [2.75, 3.05) is 12.0 Å². The molecule has 6 heteroatoms. The topological polar surface area (TPSA) is 87.1 Å². The Morgan fingerprint density at radius 3 is 2.29 bits per heavy atom. The number of para-hydroxylation sites is 2. The highest BCUT2D eigenvalue weighted by molar-refractivity contribution is 6.51. The van der Waals surface area contributed by atoms with Gasteiger partial charge in [0.15, 0.2) is 0 Å². The largest absolute Gasteiger partial charge is 0.507 e. The lowest BCUT2D eigenvalue weighted by Gasteiger charge is -2.26. The minimum atomic E-state index is -0.892. The van der Waals surface area contributed by atoms with Gasteiger partial charge in [-0.1, -0.05) is 42.5 Å². The molecular formula is C25H21NO5. The van der Waals surface area contributed by atoms with Gasteiger partial charge in [-0.3, -0.25) is 14.5 Å². The van der Waals surface area contributed by atoms with E-state index in [1.807, 2.05) is 13.0 Å². The highest BCUT2D eigenvalue weighted by atomic mass is 16.5. The molecule has 0 aliphatic carbocycles. The van der Waals surface area contributed by atoms with Crippen LogP contribution in [0.5, 0.6) is 11.5 Å². The van der Waals surface area contributed by atoms with E-state index in [1.54, 1.807) is 67.8 Å². The molecule has 1 saturated heterocycles. The number of carbonyl (C=O) groups is 2. The Balaban J connectivity index is 1.95. The minimum absolute atomic E-state index is 0.0379. The molecule has 0 saturated carbocycles. The average Bonchev–Trinajstić information content (AvgIpc) is 3.04. The van der Waals surface area contributed by atoms with E-state index < -0.39 is 17.7 Å². The molecule has 1 aliphatic heterocycles. The number of methoxy groups -OCH3 is 1. The van der Waals surface area contributed by atoms with Crippen molar-refractivity contribution >= 4 is 23.1 Å². The number of benzene rings is 3. The first-order valence-corrected chi connectivity index (χ1v) is 9.73. The molecule has 1 amide bonds. The molecule has 3 aromatic rings. The number of phenols is 1. The third kappa shape index (κ3) is 3.42. The molecule has 4 rings (SSSR count). The van der Waals surface area contributed by atoms with E-state index in [-0.39, 0.29) is 22.8 Å². The molecule has 2 N–H and O–H groups in total. The predicted molar refractivity (Wildman–Crippen MR) is 117 cm³/mol. The fourth-order valence-corrected chi connectivity index (χ4v) is 3.88. The summed E-state index contributed by atoms with van der Waals surface area (Å²) in [5, 5.41) is 21.5. The Kier molecular flexibility index (Phi) is 5.21. The van der Waals surface area contributed by atoms with E-state index in [1.165, 1.54) is 11.0 Å². The Morgan fingerprint density at radius 2 is 1.65 bits per heavy atom. The number of rotatable bonds is 4. The van der Waals surface area contributed by atoms with Gasteiger partial charge in [-0.25, -0.2) is 0 Å². The number of anilines is 1. The molecule has 156 valence electrons. The van der Waals surface area contributed by atoms with Crippen LogP contribution < -0.4 is 9.64 Å². The summed E-state index contributed by atoms with van der Waals surface area (Å²) in [6.07, 6.45) is 0. The third-order valence-corrected chi connectivity index (χ3v) is 5.37. The Bertz CT molecular complexity index is 1200. The fourth-order valence-electron chi connectivity index (χ4n) is 3.88. The average molecular weight is 415 g/mol. The van der Waals surface area contributed by atoms with Gasteiger partial charge in [0, 0.05) is 5.56 Å². The van der Waals surface area contributed by atoms with Crippen LogP contribution in [0, 0.1) is 6.92 Å². The quantitative estimate of drug-likeness (QED) is 0.376. The number of hydrogen-bond donors (Lipinski definition) is 2. The van der Waals surface area contributed by atoms with E-state index in [2.05, 4.69) is 0 Å². The van der Waals surface area contributed by atoms with Crippen LogP contribution >= 0.6 is 0 Å². The molecule has 1 atom stereocenters. The van der Waals surface area contributed by atoms with Gasteiger partial charge < -0.3 is 14.9 Å². The first kappa shape index (κ1) is 20.2. The standard InChI is InChI=1S/C25H21NO5/c1-15-14-17(12-13-20(15)31-2)23(28)21-22(16-8-4-3-5-9-16)26(25(30)24(21)29)18-10-6-7-11-19(18)27/h3-14,22,27-28H,1-2H3/b23-21-. The maximum atomic E-state index is 13.1. The van der Waals surface area contributed by atoms with E-state index in [0.29, 0.717) is 16.9 Å². The molecule has 0 radical (unpaired) electrons. The predicted octanol–water partition coefficient (Wildman–Crippen LogP) is 4.34. The monoisotopic (exact) mass is 415 g/mol. The van der Waals surface area contributed by atoms with E-state index in [9.17, 15) is 19.8 Å². The van der Waals surface area contributed by atoms with Crippen LogP contribution in [-0.4, -0.2) is 29.0 Å². The van der Waals surface area contributed by atoms with Crippen LogP contribution in [0.15, 0.2) is 78.4 Å². The molecule has 0 spiro atoms. The zero-order valence-corrected chi connectivity index (χ0v) is 17.1. The Morgan fingerprint density at radius 1 is 0.968 bits per heavy atom. The van der Waals surface area contributed by atoms with Gasteiger partial charge >= 0.3 is 0 Å². The molecular weight excluding hydrogens is 394 g/mol. The lowest BCUT2D eigenvalue weighted by atomic mass is 9.94. The summed E-state index contributed by atoms with van der Waals surface area (Å²) >= 11 is 0. The maximum Gasteiger partial charge on any atom is 0.300 e. The number of Topliss-reactive ketones (excluding diaryl/α,β-unsaturated/α-hetero) is 1. The van der Waals surface area contributed by atoms with Gasteiger partial charge in [0.05, 0.1) is 24.4 Å². The molecule has 31 heavy (non-hydrogen) atoms. The van der Waals surface area contributed by atoms with Crippen molar-refractivity contribution < 1.29 is 24.5 Å². The second kappa shape index (κ2) is 7.99. The number of hydrogen-bond acceptors (Lipinski definition) is 5.